The van der Waals surface area contributed by atoms with Crippen LogP contribution in [0.2, 0.25) is 0 Å². The van der Waals surface area contributed by atoms with E-state index in [4.69, 9.17) is 9.15 Å². The number of carbonyl (C=O) groups excluding carboxylic acids is 2. The summed E-state index contributed by atoms with van der Waals surface area (Å²) in [5.41, 5.74) is 1.32. The minimum absolute atomic E-state index is 0.0774. The first-order valence-electron chi connectivity index (χ1n) is 9.54. The number of fused-ring (bicyclic) bond motifs is 1. The first-order valence-corrected chi connectivity index (χ1v) is 9.54. The summed E-state index contributed by atoms with van der Waals surface area (Å²) < 4.78 is 11.2. The number of benzene rings is 1. The van der Waals surface area contributed by atoms with Gasteiger partial charge in [-0.3, -0.25) is 9.59 Å². The second-order valence-corrected chi connectivity index (χ2v) is 7.30. The van der Waals surface area contributed by atoms with Crippen molar-refractivity contribution in [3.05, 3.63) is 30.0 Å². The van der Waals surface area contributed by atoms with Crippen LogP contribution in [0.4, 0.5) is 5.69 Å². The van der Waals surface area contributed by atoms with Crippen molar-refractivity contribution in [1.29, 1.82) is 0 Å². The van der Waals surface area contributed by atoms with E-state index in [0.717, 1.165) is 44.3 Å². The van der Waals surface area contributed by atoms with Crippen molar-refractivity contribution in [2.75, 3.05) is 45.2 Å². The van der Waals surface area contributed by atoms with Gasteiger partial charge in [0.15, 0.2) is 5.76 Å². The molecule has 4 rings (SSSR count). The molecule has 2 saturated heterocycles. The number of amides is 2. The van der Waals surface area contributed by atoms with Gasteiger partial charge in [-0.1, -0.05) is 0 Å². The van der Waals surface area contributed by atoms with E-state index in [-0.39, 0.29) is 17.9 Å². The van der Waals surface area contributed by atoms with E-state index in [9.17, 15) is 9.59 Å². The van der Waals surface area contributed by atoms with Crippen molar-refractivity contribution >= 4 is 28.5 Å². The Labute approximate surface area is 158 Å². The molecule has 0 spiro atoms. The molecular weight excluding hydrogens is 346 g/mol. The van der Waals surface area contributed by atoms with Crippen molar-refractivity contribution in [2.45, 2.75) is 25.4 Å². The molecule has 2 aliphatic heterocycles. The molecule has 3 heterocycles. The lowest BCUT2D eigenvalue weighted by molar-refractivity contribution is -0.124. The Morgan fingerprint density at radius 2 is 2.00 bits per heavy atom. The average molecular weight is 371 g/mol. The summed E-state index contributed by atoms with van der Waals surface area (Å²) in [5.74, 6) is 0.143. The molecule has 7 nitrogen and oxygen atoms in total. The van der Waals surface area contributed by atoms with Crippen LogP contribution in [0.1, 0.15) is 29.8 Å². The van der Waals surface area contributed by atoms with Crippen LogP contribution in [0.5, 0.6) is 0 Å². The highest BCUT2D eigenvalue weighted by molar-refractivity contribution is 5.99. The normalized spacial score (nSPS) is 21.4. The summed E-state index contributed by atoms with van der Waals surface area (Å²) in [4.78, 5) is 29.1. The topological polar surface area (TPSA) is 75.0 Å². The van der Waals surface area contributed by atoms with Gasteiger partial charge < -0.3 is 24.3 Å². The van der Waals surface area contributed by atoms with Crippen molar-refractivity contribution in [3.63, 3.8) is 0 Å². The lowest BCUT2D eigenvalue weighted by Crippen LogP contribution is -2.34. The van der Waals surface area contributed by atoms with Gasteiger partial charge in [0.25, 0.3) is 11.8 Å². The maximum absolute atomic E-state index is 12.8. The number of carbonyl (C=O) groups is 2. The van der Waals surface area contributed by atoms with Gasteiger partial charge in [0.05, 0.1) is 0 Å². The summed E-state index contributed by atoms with van der Waals surface area (Å²) in [6, 6.07) is 7.16. The van der Waals surface area contributed by atoms with E-state index in [1.165, 1.54) is 0 Å². The predicted octanol–water partition coefficient (Wildman–Crippen LogP) is 2.33. The van der Waals surface area contributed by atoms with Gasteiger partial charge in [0.2, 0.25) is 0 Å². The standard InChI is InChI=1S/C20H25N3O4/c1-22-7-3-8-23(10-9-22)20(25)18-13-14-12-15(5-6-16(14)27-18)21-19(24)17-4-2-11-26-17/h5-6,12-13,17H,2-4,7-11H2,1H3,(H,21,24). The summed E-state index contributed by atoms with van der Waals surface area (Å²) in [6.45, 7) is 3.94. The maximum atomic E-state index is 12.8. The van der Waals surface area contributed by atoms with Crippen LogP contribution in [0, 0.1) is 0 Å². The van der Waals surface area contributed by atoms with E-state index >= 15 is 0 Å². The maximum Gasteiger partial charge on any atom is 0.289 e. The van der Waals surface area contributed by atoms with Crippen LogP contribution in [0.15, 0.2) is 28.7 Å². The molecule has 2 fully saturated rings. The van der Waals surface area contributed by atoms with E-state index in [1.54, 1.807) is 18.2 Å². The smallest absolute Gasteiger partial charge is 0.289 e. The molecule has 0 aliphatic carbocycles. The number of nitrogens with zero attached hydrogens (tertiary/aromatic N) is 2. The first kappa shape index (κ1) is 18.0. The molecule has 2 aliphatic rings. The minimum atomic E-state index is -0.372. The zero-order valence-corrected chi connectivity index (χ0v) is 15.6. The molecule has 1 atom stereocenters. The summed E-state index contributed by atoms with van der Waals surface area (Å²) in [7, 11) is 2.07. The molecule has 1 aromatic heterocycles. The van der Waals surface area contributed by atoms with Gasteiger partial charge in [-0.15, -0.1) is 0 Å². The molecule has 0 radical (unpaired) electrons. The van der Waals surface area contributed by atoms with E-state index in [1.807, 2.05) is 11.0 Å². The van der Waals surface area contributed by atoms with Crippen molar-refractivity contribution in [2.24, 2.45) is 0 Å². The fourth-order valence-corrected chi connectivity index (χ4v) is 3.64. The summed E-state index contributed by atoms with van der Waals surface area (Å²) in [5, 5.41) is 3.69. The zero-order chi connectivity index (χ0) is 18.8. The lowest BCUT2D eigenvalue weighted by Gasteiger charge is -2.18. The van der Waals surface area contributed by atoms with Crippen molar-refractivity contribution in [3.8, 4) is 0 Å². The van der Waals surface area contributed by atoms with Gasteiger partial charge in [-0.25, -0.2) is 0 Å². The first-order chi connectivity index (χ1) is 13.1. The van der Waals surface area contributed by atoms with Crippen LogP contribution in [-0.2, 0) is 9.53 Å². The van der Waals surface area contributed by atoms with E-state index < -0.39 is 0 Å². The largest absolute Gasteiger partial charge is 0.451 e. The van der Waals surface area contributed by atoms with Crippen molar-refractivity contribution in [1.82, 2.24) is 9.80 Å². The third kappa shape index (κ3) is 3.99. The Morgan fingerprint density at radius 1 is 1.11 bits per heavy atom. The molecule has 1 unspecified atom stereocenters. The molecular formula is C20H25N3O4. The number of rotatable bonds is 3. The number of nitrogens with one attached hydrogen (secondary N) is 1. The monoisotopic (exact) mass is 371 g/mol. The Morgan fingerprint density at radius 3 is 2.81 bits per heavy atom. The zero-order valence-electron chi connectivity index (χ0n) is 15.6. The third-order valence-corrected chi connectivity index (χ3v) is 5.22. The second kappa shape index (κ2) is 7.70. The quantitative estimate of drug-likeness (QED) is 0.896. The molecule has 2 aromatic rings. The molecule has 1 N–H and O–H groups in total. The summed E-state index contributed by atoms with van der Waals surface area (Å²) in [6.07, 6.45) is 2.26. The second-order valence-electron chi connectivity index (χ2n) is 7.30. The van der Waals surface area contributed by atoms with Crippen LogP contribution in [0.25, 0.3) is 11.0 Å². The molecule has 2 amide bonds. The van der Waals surface area contributed by atoms with Crippen molar-refractivity contribution < 1.29 is 18.7 Å². The SMILES string of the molecule is CN1CCCN(C(=O)c2cc3cc(NC(=O)C4CCCO4)ccc3o2)CC1. The summed E-state index contributed by atoms with van der Waals surface area (Å²) >= 11 is 0. The number of anilines is 1. The van der Waals surface area contributed by atoms with Crippen LogP contribution in [0.3, 0.4) is 0 Å². The molecule has 144 valence electrons. The minimum Gasteiger partial charge on any atom is -0.451 e. The Hall–Kier alpha value is -2.38. The van der Waals surface area contributed by atoms with Gasteiger partial charge in [0, 0.05) is 37.3 Å². The fourth-order valence-electron chi connectivity index (χ4n) is 3.64. The van der Waals surface area contributed by atoms with Gasteiger partial charge in [0.1, 0.15) is 11.7 Å². The average Bonchev–Trinajstić information content (AvgIpc) is 3.28. The third-order valence-electron chi connectivity index (χ3n) is 5.22. The van der Waals surface area contributed by atoms with Gasteiger partial charge >= 0.3 is 0 Å². The van der Waals surface area contributed by atoms with E-state index in [0.29, 0.717) is 30.2 Å². The highest BCUT2D eigenvalue weighted by Crippen LogP contribution is 2.25. The number of likely N-dealkylation sites (N-methyl/N-ethyl adjacent to an activating group) is 1. The Balaban J connectivity index is 1.48. The number of hydrogen-bond donors (Lipinski definition) is 1. The predicted molar refractivity (Wildman–Crippen MR) is 102 cm³/mol. The number of hydrogen-bond acceptors (Lipinski definition) is 5. The van der Waals surface area contributed by atoms with Crippen LogP contribution < -0.4 is 5.32 Å². The molecule has 1 aromatic carbocycles. The molecule has 27 heavy (non-hydrogen) atoms. The fraction of sp³-hybridized carbons (Fsp3) is 0.500. The highest BCUT2D eigenvalue weighted by atomic mass is 16.5. The number of ether oxygens (including phenoxy) is 1. The lowest BCUT2D eigenvalue weighted by atomic mass is 10.2. The Kier molecular flexibility index (Phi) is 5.13. The van der Waals surface area contributed by atoms with Crippen LogP contribution >= 0.6 is 0 Å². The van der Waals surface area contributed by atoms with E-state index in [2.05, 4.69) is 17.3 Å². The molecule has 7 heteroatoms. The Bertz CT molecular complexity index is 841. The molecule has 0 bridgehead atoms. The van der Waals surface area contributed by atoms with Gasteiger partial charge in [-0.05, 0) is 57.1 Å². The highest BCUT2D eigenvalue weighted by Gasteiger charge is 2.24. The van der Waals surface area contributed by atoms with Gasteiger partial charge in [-0.2, -0.15) is 0 Å². The number of furan rings is 1. The molecule has 0 saturated carbocycles. The van der Waals surface area contributed by atoms with Crippen LogP contribution in [-0.4, -0.2) is 67.6 Å².